The van der Waals surface area contributed by atoms with Crippen molar-refractivity contribution in [3.8, 4) is 0 Å². The second kappa shape index (κ2) is 14.7. The molecule has 1 unspecified atom stereocenters. The molecule has 2 fully saturated rings. The number of benzene rings is 2. The van der Waals surface area contributed by atoms with Gasteiger partial charge in [-0.2, -0.15) is 0 Å². The highest BCUT2D eigenvalue weighted by Gasteiger charge is 2.47. The molecule has 0 aromatic heterocycles. The molecular weight excluding hydrogens is 580 g/mol. The lowest BCUT2D eigenvalue weighted by atomic mass is 9.84. The molecule has 0 heterocycles. The van der Waals surface area contributed by atoms with Crippen LogP contribution in [-0.4, -0.2) is 62.9 Å². The summed E-state index contributed by atoms with van der Waals surface area (Å²) in [4.78, 5) is 42.1. The molecule has 0 spiro atoms. The molecule has 2 aromatic carbocycles. The van der Waals surface area contributed by atoms with E-state index in [0.29, 0.717) is 24.9 Å². The Bertz CT molecular complexity index is 1360. The topological polar surface area (TPSA) is 96.4 Å². The van der Waals surface area contributed by atoms with E-state index in [4.69, 9.17) is 9.47 Å². The van der Waals surface area contributed by atoms with Gasteiger partial charge in [0.2, 0.25) is 0 Å². The van der Waals surface area contributed by atoms with Gasteiger partial charge in [0, 0.05) is 31.1 Å². The van der Waals surface area contributed by atoms with Gasteiger partial charge < -0.3 is 24.4 Å². The van der Waals surface area contributed by atoms with Gasteiger partial charge in [-0.15, -0.1) is 0 Å². The number of aromatic carboxylic acids is 1. The van der Waals surface area contributed by atoms with E-state index in [-0.39, 0.29) is 29.8 Å². The predicted molar refractivity (Wildman–Crippen MR) is 180 cm³/mol. The Morgan fingerprint density at radius 1 is 0.826 bits per heavy atom. The van der Waals surface area contributed by atoms with Gasteiger partial charge in [-0.1, -0.05) is 61.0 Å². The van der Waals surface area contributed by atoms with Crippen molar-refractivity contribution < 1.29 is 29.0 Å². The average molecular weight is 633 g/mol. The predicted octanol–water partition coefficient (Wildman–Crippen LogP) is 8.80. The lowest BCUT2D eigenvalue weighted by molar-refractivity contribution is 0.00499. The molecule has 46 heavy (non-hydrogen) atoms. The highest BCUT2D eigenvalue weighted by molar-refractivity contribution is 5.87. The van der Waals surface area contributed by atoms with E-state index in [0.717, 1.165) is 44.1 Å². The molecule has 2 aliphatic carbocycles. The van der Waals surface area contributed by atoms with Crippen molar-refractivity contribution in [3.63, 3.8) is 0 Å². The van der Waals surface area contributed by atoms with Gasteiger partial charge >= 0.3 is 18.2 Å². The fourth-order valence-corrected chi connectivity index (χ4v) is 6.36. The van der Waals surface area contributed by atoms with Crippen LogP contribution >= 0.6 is 0 Å². The zero-order valence-electron chi connectivity index (χ0n) is 28.6. The Hall–Kier alpha value is -3.81. The maximum Gasteiger partial charge on any atom is 0.410 e. The second-order valence-corrected chi connectivity index (χ2v) is 14.8. The third-order valence-corrected chi connectivity index (χ3v) is 8.71. The number of carboxylic acids is 1. The number of rotatable bonds is 10. The molecule has 1 N–H and O–H groups in total. The van der Waals surface area contributed by atoms with Crippen LogP contribution in [0.1, 0.15) is 108 Å². The van der Waals surface area contributed by atoms with Gasteiger partial charge in [-0.3, -0.25) is 0 Å². The Kier molecular flexibility index (Phi) is 11.2. The lowest BCUT2D eigenvalue weighted by Gasteiger charge is -2.39. The minimum atomic E-state index is -0.982. The van der Waals surface area contributed by atoms with Crippen molar-refractivity contribution in [2.75, 3.05) is 6.54 Å². The van der Waals surface area contributed by atoms with Crippen LogP contribution in [0.2, 0.25) is 0 Å². The average Bonchev–Trinajstić information content (AvgIpc) is 3.77. The molecule has 0 radical (unpaired) electrons. The van der Waals surface area contributed by atoms with Crippen LogP contribution < -0.4 is 0 Å². The number of amides is 2. The van der Waals surface area contributed by atoms with E-state index < -0.39 is 17.2 Å². The molecule has 0 saturated heterocycles. The number of carboxylic acid groups (broad SMARTS) is 1. The fraction of sp³-hybridized carbons (Fsp3) is 0.553. The Morgan fingerprint density at radius 2 is 1.39 bits per heavy atom. The lowest BCUT2D eigenvalue weighted by Crippen LogP contribution is -2.46. The number of hydrogen-bond acceptors (Lipinski definition) is 5. The molecule has 2 aromatic rings. The SMILES string of the molecule is CCC(=Cc1ccccc1)C1C[C@@H]1N(CC1CCC(N(Cc2ccc(C(=O)O)cc2)C(=O)OC(C)(C)C)CC1)C(=O)OC(C)(C)C. The van der Waals surface area contributed by atoms with Gasteiger partial charge in [0.25, 0.3) is 0 Å². The van der Waals surface area contributed by atoms with Crippen LogP contribution in [0.15, 0.2) is 60.2 Å². The smallest absolute Gasteiger partial charge is 0.410 e. The first-order chi connectivity index (χ1) is 21.6. The molecule has 2 aliphatic rings. The molecular formula is C38H52N2O6. The summed E-state index contributed by atoms with van der Waals surface area (Å²) in [7, 11) is 0. The van der Waals surface area contributed by atoms with Crippen LogP contribution in [0.25, 0.3) is 6.08 Å². The van der Waals surface area contributed by atoms with Gasteiger partial charge in [0.1, 0.15) is 11.2 Å². The van der Waals surface area contributed by atoms with Crippen LogP contribution in [0.3, 0.4) is 0 Å². The van der Waals surface area contributed by atoms with E-state index in [9.17, 15) is 19.5 Å². The van der Waals surface area contributed by atoms with Crippen LogP contribution in [0.4, 0.5) is 9.59 Å². The Labute approximate surface area is 274 Å². The van der Waals surface area contributed by atoms with E-state index in [1.165, 1.54) is 11.1 Å². The van der Waals surface area contributed by atoms with Crippen LogP contribution in [0.5, 0.6) is 0 Å². The summed E-state index contributed by atoms with van der Waals surface area (Å²) >= 11 is 0. The second-order valence-electron chi connectivity index (χ2n) is 14.8. The molecule has 250 valence electrons. The van der Waals surface area contributed by atoms with E-state index in [1.54, 1.807) is 29.2 Å². The summed E-state index contributed by atoms with van der Waals surface area (Å²) in [6.07, 6.45) is 6.85. The molecule has 2 amide bonds. The molecule has 8 heteroatoms. The number of carbonyl (C=O) groups is 3. The van der Waals surface area contributed by atoms with Crippen molar-refractivity contribution in [3.05, 3.63) is 76.9 Å². The maximum atomic E-state index is 13.6. The molecule has 8 nitrogen and oxygen atoms in total. The summed E-state index contributed by atoms with van der Waals surface area (Å²) < 4.78 is 11.7. The number of hydrogen-bond donors (Lipinski definition) is 1. The minimum absolute atomic E-state index is 0.0191. The molecule has 2 atom stereocenters. The monoisotopic (exact) mass is 632 g/mol. The van der Waals surface area contributed by atoms with Crippen molar-refractivity contribution in [1.29, 1.82) is 0 Å². The number of nitrogens with zero attached hydrogens (tertiary/aromatic N) is 2. The number of carbonyl (C=O) groups excluding carboxylic acids is 2. The van der Waals surface area contributed by atoms with Crippen molar-refractivity contribution >= 4 is 24.2 Å². The zero-order chi connectivity index (χ0) is 33.6. The first-order valence-corrected chi connectivity index (χ1v) is 16.7. The maximum absolute atomic E-state index is 13.6. The van der Waals surface area contributed by atoms with E-state index in [1.807, 2.05) is 64.6 Å². The molecule has 4 rings (SSSR count). The molecule has 2 saturated carbocycles. The van der Waals surface area contributed by atoms with Gasteiger partial charge in [0.05, 0.1) is 5.56 Å². The Balaban J connectivity index is 1.46. The first kappa shape index (κ1) is 35.1. The van der Waals surface area contributed by atoms with Crippen molar-refractivity contribution in [2.24, 2.45) is 11.8 Å². The van der Waals surface area contributed by atoms with Gasteiger partial charge in [-0.25, -0.2) is 14.4 Å². The van der Waals surface area contributed by atoms with Gasteiger partial charge in [0.15, 0.2) is 0 Å². The Morgan fingerprint density at radius 3 is 1.91 bits per heavy atom. The standard InChI is InChI=1S/C38H52N2O6/c1-8-29(22-26-12-10-9-11-13-26)32-23-33(32)40(36(44)46-38(5,6)7)25-28-16-20-31(21-17-28)39(35(43)45-37(2,3)4)24-27-14-18-30(19-15-27)34(41)42/h9-15,18-19,22,28,31-33H,8,16-17,20-21,23-25H2,1-7H3,(H,41,42)/t28?,31?,32?,33-/m0/s1. The van der Waals surface area contributed by atoms with E-state index in [2.05, 4.69) is 25.1 Å². The molecule has 0 bridgehead atoms. The summed E-state index contributed by atoms with van der Waals surface area (Å²) in [5, 5.41) is 9.29. The number of ether oxygens (including phenoxy) is 2. The van der Waals surface area contributed by atoms with Crippen molar-refractivity contribution in [2.45, 2.75) is 117 Å². The zero-order valence-corrected chi connectivity index (χ0v) is 28.6. The minimum Gasteiger partial charge on any atom is -0.478 e. The summed E-state index contributed by atoms with van der Waals surface area (Å²) in [5.41, 5.74) is 2.38. The van der Waals surface area contributed by atoms with E-state index >= 15 is 0 Å². The highest BCUT2D eigenvalue weighted by atomic mass is 16.6. The normalized spacial score (nSPS) is 21.7. The third kappa shape index (κ3) is 10.1. The van der Waals surface area contributed by atoms with Crippen LogP contribution in [-0.2, 0) is 16.0 Å². The quantitative estimate of drug-likeness (QED) is 0.281. The van der Waals surface area contributed by atoms with Gasteiger partial charge in [-0.05, 0) is 109 Å². The summed E-state index contributed by atoms with van der Waals surface area (Å²) in [6.45, 7) is 14.5. The highest BCUT2D eigenvalue weighted by Crippen LogP contribution is 2.45. The largest absolute Gasteiger partial charge is 0.478 e. The summed E-state index contributed by atoms with van der Waals surface area (Å²) in [5.74, 6) is -0.363. The third-order valence-electron chi connectivity index (χ3n) is 8.71. The fourth-order valence-electron chi connectivity index (χ4n) is 6.36. The van der Waals surface area contributed by atoms with Crippen molar-refractivity contribution in [1.82, 2.24) is 9.80 Å². The summed E-state index contributed by atoms with van der Waals surface area (Å²) in [6, 6.07) is 17.1. The molecule has 0 aliphatic heterocycles. The van der Waals surface area contributed by atoms with Crippen LogP contribution in [0, 0.1) is 11.8 Å². The first-order valence-electron chi connectivity index (χ1n) is 16.7.